The lowest BCUT2D eigenvalue weighted by molar-refractivity contribution is 0.217. The number of unbranched alkanes of at least 4 members (excludes halogenated alkanes) is 1. The van der Waals surface area contributed by atoms with Crippen molar-refractivity contribution in [3.8, 4) is 0 Å². The molecule has 1 heterocycles. The van der Waals surface area contributed by atoms with Gasteiger partial charge < -0.3 is 10.3 Å². The summed E-state index contributed by atoms with van der Waals surface area (Å²) < 4.78 is 0. The van der Waals surface area contributed by atoms with Gasteiger partial charge in [-0.15, -0.1) is 0 Å². The van der Waals surface area contributed by atoms with Crippen LogP contribution in [-0.4, -0.2) is 17.3 Å². The molecule has 0 fully saturated rings. The fraction of sp³-hybridized carbons (Fsp3) is 0.391. The summed E-state index contributed by atoms with van der Waals surface area (Å²) in [5, 5.41) is 5.13. The van der Waals surface area contributed by atoms with Gasteiger partial charge in [-0.1, -0.05) is 107 Å². The lowest BCUT2D eigenvalue weighted by atomic mass is 9.76. The molecule has 3 nitrogen and oxygen atoms in total. The molecule has 1 aliphatic rings. The Labute approximate surface area is 157 Å². The highest BCUT2D eigenvalue weighted by molar-refractivity contribution is 6.19. The van der Waals surface area contributed by atoms with Gasteiger partial charge in [0.1, 0.15) is 0 Å². The Morgan fingerprint density at radius 3 is 2.00 bits per heavy atom. The van der Waals surface area contributed by atoms with Crippen LogP contribution in [0.5, 0.6) is 0 Å². The van der Waals surface area contributed by atoms with Crippen LogP contribution in [0.15, 0.2) is 70.6 Å². The van der Waals surface area contributed by atoms with Crippen molar-refractivity contribution in [2.75, 3.05) is 0 Å². The van der Waals surface area contributed by atoms with Crippen LogP contribution in [0, 0.1) is 5.41 Å². The van der Waals surface area contributed by atoms with E-state index in [9.17, 15) is 0 Å². The van der Waals surface area contributed by atoms with Crippen LogP contribution in [0.1, 0.15) is 58.1 Å². The molecule has 0 bridgehead atoms. The maximum absolute atomic E-state index is 5.13. The summed E-state index contributed by atoms with van der Waals surface area (Å²) in [7, 11) is 0. The highest BCUT2D eigenvalue weighted by Crippen LogP contribution is 2.45. The third-order valence-corrected chi connectivity index (χ3v) is 4.94. The van der Waals surface area contributed by atoms with Crippen LogP contribution in [0.2, 0.25) is 0 Å². The van der Waals surface area contributed by atoms with Crippen LogP contribution in [0.3, 0.4) is 0 Å². The summed E-state index contributed by atoms with van der Waals surface area (Å²) in [4.78, 5) is 9.97. The maximum atomic E-state index is 5.13. The molecule has 0 saturated carbocycles. The lowest BCUT2D eigenvalue weighted by Crippen LogP contribution is -2.44. The van der Waals surface area contributed by atoms with Gasteiger partial charge in [-0.25, -0.2) is 0 Å². The number of hydrogen-bond donors (Lipinski definition) is 0. The highest BCUT2D eigenvalue weighted by atomic mass is 15.3. The Morgan fingerprint density at radius 1 is 0.885 bits per heavy atom. The Bertz CT molecular complexity index is 785. The van der Waals surface area contributed by atoms with Crippen molar-refractivity contribution in [1.29, 1.82) is 0 Å². The van der Waals surface area contributed by atoms with Gasteiger partial charge in [0.2, 0.25) is 0 Å². The van der Waals surface area contributed by atoms with E-state index < -0.39 is 5.66 Å². The van der Waals surface area contributed by atoms with Gasteiger partial charge in [0.15, 0.2) is 0 Å². The predicted molar refractivity (Wildman–Crippen MR) is 111 cm³/mol. The molecule has 0 amide bonds. The second-order valence-corrected chi connectivity index (χ2v) is 7.88. The average molecular weight is 346 g/mol. The number of amidine groups is 2. The zero-order valence-electron chi connectivity index (χ0n) is 16.2. The molecule has 0 N–H and O–H groups in total. The Kier molecular flexibility index (Phi) is 5.26. The standard InChI is InChI=1S/C23H28N3/c1-5-6-17-23(22(2,3)4)25-20(18-13-9-7-10-14-18)24-21(26-23)19-15-11-8-12-16-19/h7-16H,5-6,17H2,1-4H3/q-1. The first-order valence-electron chi connectivity index (χ1n) is 9.47. The van der Waals surface area contributed by atoms with E-state index in [2.05, 4.69) is 52.0 Å². The number of hydrogen-bond acceptors (Lipinski definition) is 2. The molecule has 0 radical (unpaired) electrons. The van der Waals surface area contributed by atoms with E-state index in [1.54, 1.807) is 0 Å². The van der Waals surface area contributed by atoms with Crippen LogP contribution in [-0.2, 0) is 0 Å². The van der Waals surface area contributed by atoms with E-state index in [0.717, 1.165) is 42.1 Å². The van der Waals surface area contributed by atoms with Gasteiger partial charge in [0.05, 0.1) is 11.5 Å². The third-order valence-electron chi connectivity index (χ3n) is 4.94. The van der Waals surface area contributed by atoms with Gasteiger partial charge in [0.25, 0.3) is 0 Å². The van der Waals surface area contributed by atoms with E-state index in [1.807, 2.05) is 36.4 Å². The smallest absolute Gasteiger partial charge is 0.0727 e. The normalized spacial score (nSPS) is 20.2. The molecule has 3 rings (SSSR count). The Balaban J connectivity index is 2.14. The van der Waals surface area contributed by atoms with Gasteiger partial charge >= 0.3 is 0 Å². The maximum Gasteiger partial charge on any atom is 0.0727 e. The molecule has 136 valence electrons. The number of rotatable bonds is 5. The van der Waals surface area contributed by atoms with Crippen molar-refractivity contribution in [2.24, 2.45) is 15.4 Å². The Morgan fingerprint density at radius 2 is 1.46 bits per heavy atom. The summed E-state index contributed by atoms with van der Waals surface area (Å²) in [5.74, 6) is 1.57. The quantitative estimate of drug-likeness (QED) is 0.618. The van der Waals surface area contributed by atoms with Crippen molar-refractivity contribution >= 4 is 11.7 Å². The van der Waals surface area contributed by atoms with E-state index in [4.69, 9.17) is 15.3 Å². The molecule has 0 spiro atoms. The molecule has 0 aliphatic carbocycles. The zero-order chi connectivity index (χ0) is 18.6. The summed E-state index contributed by atoms with van der Waals surface area (Å²) >= 11 is 0. The third kappa shape index (κ3) is 3.72. The second kappa shape index (κ2) is 7.45. The predicted octanol–water partition coefficient (Wildman–Crippen LogP) is 6.20. The van der Waals surface area contributed by atoms with E-state index >= 15 is 0 Å². The summed E-state index contributed by atoms with van der Waals surface area (Å²) in [5.41, 5.74) is 1.49. The molecule has 1 atom stereocenters. The average Bonchev–Trinajstić information content (AvgIpc) is 2.66. The molecule has 26 heavy (non-hydrogen) atoms. The largest absolute Gasteiger partial charge is 0.439 e. The van der Waals surface area contributed by atoms with Crippen molar-refractivity contribution < 1.29 is 0 Å². The SMILES string of the molecule is CCCCC1(C(C)(C)C)N=C(c2ccccc2)N=C(c2ccccc2)[N-]1. The highest BCUT2D eigenvalue weighted by Gasteiger charge is 2.39. The van der Waals surface area contributed by atoms with Gasteiger partial charge in [-0.05, 0) is 23.0 Å². The summed E-state index contributed by atoms with van der Waals surface area (Å²) in [6, 6.07) is 20.5. The number of aliphatic imine (C=N–C) groups is 2. The molecular weight excluding hydrogens is 318 g/mol. The van der Waals surface area contributed by atoms with Gasteiger partial charge in [-0.3, -0.25) is 4.99 Å². The topological polar surface area (TPSA) is 38.8 Å². The number of nitrogens with zero attached hydrogens (tertiary/aromatic N) is 3. The van der Waals surface area contributed by atoms with Crippen LogP contribution < -0.4 is 0 Å². The van der Waals surface area contributed by atoms with Crippen LogP contribution in [0.25, 0.3) is 5.32 Å². The molecule has 1 aliphatic heterocycles. The lowest BCUT2D eigenvalue weighted by Gasteiger charge is -2.51. The fourth-order valence-corrected chi connectivity index (χ4v) is 3.20. The molecule has 2 aromatic carbocycles. The van der Waals surface area contributed by atoms with E-state index in [0.29, 0.717) is 0 Å². The van der Waals surface area contributed by atoms with E-state index in [1.165, 1.54) is 0 Å². The molecule has 0 saturated heterocycles. The zero-order valence-corrected chi connectivity index (χ0v) is 16.2. The first kappa shape index (κ1) is 18.4. The van der Waals surface area contributed by atoms with Crippen molar-refractivity contribution in [3.05, 3.63) is 77.1 Å². The fourth-order valence-electron chi connectivity index (χ4n) is 3.20. The van der Waals surface area contributed by atoms with Crippen LogP contribution in [0.4, 0.5) is 0 Å². The van der Waals surface area contributed by atoms with Gasteiger partial charge in [-0.2, -0.15) is 0 Å². The van der Waals surface area contributed by atoms with Crippen molar-refractivity contribution in [3.63, 3.8) is 0 Å². The molecule has 0 aromatic heterocycles. The minimum absolute atomic E-state index is 0.0990. The van der Waals surface area contributed by atoms with Crippen molar-refractivity contribution in [2.45, 2.75) is 52.6 Å². The summed E-state index contributed by atoms with van der Waals surface area (Å²) in [6.07, 6.45) is 3.14. The number of benzene rings is 2. The van der Waals surface area contributed by atoms with Gasteiger partial charge in [0, 0.05) is 0 Å². The van der Waals surface area contributed by atoms with Crippen molar-refractivity contribution in [1.82, 2.24) is 0 Å². The molecule has 3 heteroatoms. The molecule has 2 aromatic rings. The first-order valence-corrected chi connectivity index (χ1v) is 9.47. The first-order chi connectivity index (χ1) is 12.5. The second-order valence-electron chi connectivity index (χ2n) is 7.88. The molecular formula is C23H28N3-. The Hall–Kier alpha value is -2.42. The van der Waals surface area contributed by atoms with Crippen LogP contribution >= 0.6 is 0 Å². The summed E-state index contributed by atoms with van der Waals surface area (Å²) in [6.45, 7) is 8.90. The minimum Gasteiger partial charge on any atom is -0.439 e. The minimum atomic E-state index is -0.499. The van der Waals surface area contributed by atoms with E-state index in [-0.39, 0.29) is 5.41 Å². The molecule has 1 unspecified atom stereocenters. The monoisotopic (exact) mass is 346 g/mol.